The summed E-state index contributed by atoms with van der Waals surface area (Å²) in [5.41, 5.74) is 2.34. The van der Waals surface area contributed by atoms with Crippen molar-refractivity contribution in [3.63, 3.8) is 0 Å². The highest BCUT2D eigenvalue weighted by molar-refractivity contribution is 5.59. The number of fused-ring (bicyclic) bond motifs is 1. The second kappa shape index (κ2) is 4.11. The van der Waals surface area contributed by atoms with Crippen LogP contribution in [0.2, 0.25) is 0 Å². The normalized spacial score (nSPS) is 18.8. The van der Waals surface area contributed by atoms with Crippen molar-refractivity contribution in [2.24, 2.45) is 0 Å². The fourth-order valence-corrected chi connectivity index (χ4v) is 1.86. The molecular formula is C12H17NO2. The molecule has 0 saturated carbocycles. The number of rotatable bonds is 3. The van der Waals surface area contributed by atoms with Gasteiger partial charge in [-0.1, -0.05) is 6.07 Å². The van der Waals surface area contributed by atoms with Crippen molar-refractivity contribution < 1.29 is 9.84 Å². The molecule has 1 unspecified atom stereocenters. The highest BCUT2D eigenvalue weighted by Gasteiger charge is 2.19. The van der Waals surface area contributed by atoms with Gasteiger partial charge >= 0.3 is 0 Å². The summed E-state index contributed by atoms with van der Waals surface area (Å²) >= 11 is 0. The Morgan fingerprint density at radius 3 is 3.00 bits per heavy atom. The summed E-state index contributed by atoms with van der Waals surface area (Å²) in [6, 6.07) is 6.22. The summed E-state index contributed by atoms with van der Waals surface area (Å²) < 4.78 is 5.61. The first-order valence-electron chi connectivity index (χ1n) is 5.36. The van der Waals surface area contributed by atoms with E-state index in [-0.39, 0.29) is 18.8 Å². The van der Waals surface area contributed by atoms with E-state index in [2.05, 4.69) is 11.4 Å². The van der Waals surface area contributed by atoms with Crippen LogP contribution in [0.4, 0.5) is 5.69 Å². The van der Waals surface area contributed by atoms with E-state index in [0.29, 0.717) is 0 Å². The van der Waals surface area contributed by atoms with Crippen LogP contribution >= 0.6 is 0 Å². The number of nitrogens with one attached hydrogen (secondary N) is 1. The first kappa shape index (κ1) is 10.3. The zero-order valence-corrected chi connectivity index (χ0v) is 9.16. The fourth-order valence-electron chi connectivity index (χ4n) is 1.86. The van der Waals surface area contributed by atoms with Gasteiger partial charge in [-0.05, 0) is 31.9 Å². The fraction of sp³-hybridized carbons (Fsp3) is 0.500. The Morgan fingerprint density at radius 1 is 1.53 bits per heavy atom. The van der Waals surface area contributed by atoms with Crippen molar-refractivity contribution in [2.75, 3.05) is 11.9 Å². The van der Waals surface area contributed by atoms with Crippen LogP contribution in [-0.2, 0) is 6.42 Å². The van der Waals surface area contributed by atoms with E-state index in [9.17, 15) is 0 Å². The largest absolute Gasteiger partial charge is 0.491 e. The smallest absolute Gasteiger partial charge is 0.121 e. The van der Waals surface area contributed by atoms with Crippen LogP contribution in [0.3, 0.4) is 0 Å². The van der Waals surface area contributed by atoms with Gasteiger partial charge in [0.2, 0.25) is 0 Å². The minimum Gasteiger partial charge on any atom is -0.491 e. The third kappa shape index (κ3) is 2.23. The number of hydrogen-bond acceptors (Lipinski definition) is 3. The van der Waals surface area contributed by atoms with E-state index in [1.165, 1.54) is 5.56 Å². The minimum absolute atomic E-state index is 0.161. The summed E-state index contributed by atoms with van der Waals surface area (Å²) in [7, 11) is 0. The van der Waals surface area contributed by atoms with Crippen molar-refractivity contribution in [3.05, 3.63) is 23.8 Å². The van der Waals surface area contributed by atoms with E-state index in [0.717, 1.165) is 17.9 Å². The molecule has 1 aromatic carbocycles. The number of benzene rings is 1. The summed E-state index contributed by atoms with van der Waals surface area (Å²) in [5.74, 6) is 0.884. The van der Waals surface area contributed by atoms with Crippen LogP contribution in [-0.4, -0.2) is 23.9 Å². The van der Waals surface area contributed by atoms with Crippen LogP contribution in [0.1, 0.15) is 19.4 Å². The molecule has 0 fully saturated rings. The van der Waals surface area contributed by atoms with Gasteiger partial charge in [0.15, 0.2) is 0 Å². The lowest BCUT2D eigenvalue weighted by Crippen LogP contribution is -2.19. The molecule has 0 bridgehead atoms. The van der Waals surface area contributed by atoms with Crippen molar-refractivity contribution >= 4 is 5.69 Å². The molecule has 1 aliphatic heterocycles. The van der Waals surface area contributed by atoms with Crippen LogP contribution in [0, 0.1) is 0 Å². The lowest BCUT2D eigenvalue weighted by atomic mass is 10.1. The van der Waals surface area contributed by atoms with Gasteiger partial charge in [0.25, 0.3) is 0 Å². The summed E-state index contributed by atoms with van der Waals surface area (Å²) in [4.78, 5) is 0. The molecule has 15 heavy (non-hydrogen) atoms. The van der Waals surface area contributed by atoms with Crippen molar-refractivity contribution in [1.82, 2.24) is 0 Å². The predicted octanol–water partition coefficient (Wildman–Crippen LogP) is 1.80. The molecule has 2 rings (SSSR count). The first-order valence-corrected chi connectivity index (χ1v) is 5.36. The Hall–Kier alpha value is -1.22. The number of anilines is 1. The molecule has 1 aromatic rings. The average Bonchev–Trinajstić information content (AvgIpc) is 2.58. The molecule has 1 heterocycles. The minimum atomic E-state index is 0.161. The van der Waals surface area contributed by atoms with Crippen molar-refractivity contribution in [1.29, 1.82) is 0 Å². The summed E-state index contributed by atoms with van der Waals surface area (Å²) in [5, 5.41) is 12.3. The highest BCUT2D eigenvalue weighted by atomic mass is 16.5. The van der Waals surface area contributed by atoms with Gasteiger partial charge in [-0.15, -0.1) is 0 Å². The lowest BCUT2D eigenvalue weighted by Gasteiger charge is -2.11. The first-order chi connectivity index (χ1) is 7.19. The van der Waals surface area contributed by atoms with Gasteiger partial charge < -0.3 is 15.2 Å². The number of hydrogen-bond donors (Lipinski definition) is 2. The molecule has 0 radical (unpaired) electrons. The van der Waals surface area contributed by atoms with Gasteiger partial charge in [0.05, 0.1) is 18.8 Å². The van der Waals surface area contributed by atoms with Gasteiger partial charge in [0, 0.05) is 11.8 Å². The van der Waals surface area contributed by atoms with E-state index in [1.54, 1.807) is 0 Å². The second-order valence-corrected chi connectivity index (χ2v) is 4.21. The lowest BCUT2D eigenvalue weighted by molar-refractivity contribution is 0.242. The molecule has 0 saturated heterocycles. The van der Waals surface area contributed by atoms with Crippen LogP contribution in [0.25, 0.3) is 0 Å². The Morgan fingerprint density at radius 2 is 2.33 bits per heavy atom. The molecule has 0 aromatic heterocycles. The maximum atomic E-state index is 9.06. The molecule has 1 aliphatic rings. The SMILES string of the molecule is CC(C)Oc1ccc2c(c1)NC(CO)C2. The molecule has 82 valence electrons. The van der Waals surface area contributed by atoms with E-state index >= 15 is 0 Å². The molecular weight excluding hydrogens is 190 g/mol. The van der Waals surface area contributed by atoms with Crippen LogP contribution in [0.15, 0.2) is 18.2 Å². The third-order valence-corrected chi connectivity index (χ3v) is 2.50. The highest BCUT2D eigenvalue weighted by Crippen LogP contribution is 2.29. The van der Waals surface area contributed by atoms with Crippen LogP contribution in [0.5, 0.6) is 5.75 Å². The van der Waals surface area contributed by atoms with Gasteiger partial charge in [-0.2, -0.15) is 0 Å². The van der Waals surface area contributed by atoms with Crippen molar-refractivity contribution in [3.8, 4) is 5.75 Å². The molecule has 3 nitrogen and oxygen atoms in total. The molecule has 0 spiro atoms. The third-order valence-electron chi connectivity index (χ3n) is 2.50. The van der Waals surface area contributed by atoms with E-state index < -0.39 is 0 Å². The standard InChI is InChI=1S/C12H17NO2/c1-8(2)15-11-4-3-9-5-10(7-14)13-12(9)6-11/h3-4,6,8,10,13-14H,5,7H2,1-2H3. The number of aliphatic hydroxyl groups excluding tert-OH is 1. The Kier molecular flexibility index (Phi) is 2.82. The van der Waals surface area contributed by atoms with E-state index in [4.69, 9.17) is 9.84 Å². The van der Waals surface area contributed by atoms with Gasteiger partial charge in [0.1, 0.15) is 5.75 Å². The van der Waals surface area contributed by atoms with Gasteiger partial charge in [-0.3, -0.25) is 0 Å². The average molecular weight is 207 g/mol. The molecule has 2 N–H and O–H groups in total. The number of ether oxygens (including phenoxy) is 1. The summed E-state index contributed by atoms with van der Waals surface area (Å²) in [6.45, 7) is 4.20. The summed E-state index contributed by atoms with van der Waals surface area (Å²) in [6.07, 6.45) is 1.09. The molecule has 1 atom stereocenters. The molecule has 3 heteroatoms. The topological polar surface area (TPSA) is 41.5 Å². The zero-order chi connectivity index (χ0) is 10.8. The Labute approximate surface area is 90.1 Å². The zero-order valence-electron chi connectivity index (χ0n) is 9.16. The molecule has 0 aliphatic carbocycles. The predicted molar refractivity (Wildman–Crippen MR) is 60.4 cm³/mol. The number of aliphatic hydroxyl groups is 1. The van der Waals surface area contributed by atoms with Crippen LogP contribution < -0.4 is 10.1 Å². The maximum absolute atomic E-state index is 9.06. The van der Waals surface area contributed by atoms with Crippen molar-refractivity contribution in [2.45, 2.75) is 32.4 Å². The second-order valence-electron chi connectivity index (χ2n) is 4.21. The Balaban J connectivity index is 2.15. The van der Waals surface area contributed by atoms with Gasteiger partial charge in [-0.25, -0.2) is 0 Å². The maximum Gasteiger partial charge on any atom is 0.121 e. The van der Waals surface area contributed by atoms with E-state index in [1.807, 2.05) is 26.0 Å². The quantitative estimate of drug-likeness (QED) is 0.794. The molecule has 0 amide bonds. The Bertz CT molecular complexity index is 349. The monoisotopic (exact) mass is 207 g/mol.